The van der Waals surface area contributed by atoms with Crippen molar-refractivity contribution >= 4 is 11.5 Å². The van der Waals surface area contributed by atoms with Crippen LogP contribution in [0.1, 0.15) is 79.2 Å². The molecular weight excluding hydrogens is 454 g/mol. The first-order valence-corrected chi connectivity index (χ1v) is 14.3. The zero-order valence-corrected chi connectivity index (χ0v) is 23.8. The van der Waals surface area contributed by atoms with E-state index < -0.39 is 0 Å². The van der Waals surface area contributed by atoms with Crippen LogP contribution in [-0.2, 0) is 4.79 Å². The molecule has 0 saturated heterocycles. The predicted octanol–water partition coefficient (Wildman–Crippen LogP) is 7.25. The van der Waals surface area contributed by atoms with Crippen LogP contribution in [0.3, 0.4) is 0 Å². The Hall–Kier alpha value is -2.59. The lowest BCUT2D eigenvalue weighted by Crippen LogP contribution is -2.52. The third-order valence-electron chi connectivity index (χ3n) is 9.02. The number of carbonyl (C=O) groups excluding carboxylic acids is 1. The summed E-state index contributed by atoms with van der Waals surface area (Å²) in [6.07, 6.45) is 16.7. The molecule has 1 saturated carbocycles. The highest BCUT2D eigenvalue weighted by molar-refractivity contribution is 5.89. The van der Waals surface area contributed by atoms with Gasteiger partial charge < -0.3 is 10.7 Å². The van der Waals surface area contributed by atoms with Crippen molar-refractivity contribution in [1.29, 1.82) is 0 Å². The predicted molar refractivity (Wildman–Crippen MR) is 155 cm³/mol. The van der Waals surface area contributed by atoms with Gasteiger partial charge in [0.25, 0.3) is 0 Å². The SMILES string of the molecule is CCC(C)(C)C(C)CN(CC1=CC=CC(C)(C)C=C1)NC1=C(c2ccccc2)C2CCCCC2C(=O)N1. The molecule has 4 heteroatoms. The van der Waals surface area contributed by atoms with E-state index in [1.54, 1.807) is 0 Å². The molecule has 4 nitrogen and oxygen atoms in total. The van der Waals surface area contributed by atoms with Crippen molar-refractivity contribution in [1.82, 2.24) is 15.8 Å². The van der Waals surface area contributed by atoms with E-state index in [0.717, 1.165) is 44.6 Å². The molecule has 200 valence electrons. The van der Waals surface area contributed by atoms with Crippen molar-refractivity contribution in [2.75, 3.05) is 13.1 Å². The summed E-state index contributed by atoms with van der Waals surface area (Å²) in [6.45, 7) is 15.4. The Bertz CT molecular complexity index is 1080. The first-order valence-electron chi connectivity index (χ1n) is 14.3. The Morgan fingerprint density at radius 1 is 1.11 bits per heavy atom. The molecule has 4 rings (SSSR count). The smallest absolute Gasteiger partial charge is 0.229 e. The van der Waals surface area contributed by atoms with Crippen LogP contribution in [0, 0.1) is 28.6 Å². The van der Waals surface area contributed by atoms with E-state index in [2.05, 4.69) is 118 Å². The lowest BCUT2D eigenvalue weighted by atomic mass is 9.71. The van der Waals surface area contributed by atoms with Gasteiger partial charge in [-0.1, -0.05) is 122 Å². The number of benzene rings is 1. The molecule has 3 unspecified atom stereocenters. The summed E-state index contributed by atoms with van der Waals surface area (Å²) < 4.78 is 0. The van der Waals surface area contributed by atoms with Crippen LogP contribution in [0.2, 0.25) is 0 Å². The molecular formula is C33H47N3O. The van der Waals surface area contributed by atoms with Gasteiger partial charge in [0, 0.05) is 30.0 Å². The minimum atomic E-state index is 0.0460. The van der Waals surface area contributed by atoms with Gasteiger partial charge in [0.2, 0.25) is 5.91 Å². The van der Waals surface area contributed by atoms with Gasteiger partial charge in [-0.3, -0.25) is 4.79 Å². The summed E-state index contributed by atoms with van der Waals surface area (Å²) >= 11 is 0. The number of hydrogen-bond donors (Lipinski definition) is 2. The van der Waals surface area contributed by atoms with Crippen LogP contribution in [-0.4, -0.2) is 24.0 Å². The molecule has 0 bridgehead atoms. The van der Waals surface area contributed by atoms with Gasteiger partial charge >= 0.3 is 0 Å². The number of hydrazine groups is 1. The zero-order valence-electron chi connectivity index (χ0n) is 23.8. The summed E-state index contributed by atoms with van der Waals surface area (Å²) in [7, 11) is 0. The molecule has 0 radical (unpaired) electrons. The molecule has 1 amide bonds. The minimum absolute atomic E-state index is 0.0460. The van der Waals surface area contributed by atoms with Crippen molar-refractivity contribution in [3.8, 4) is 0 Å². The second-order valence-corrected chi connectivity index (χ2v) is 12.6. The number of carbonyl (C=O) groups is 1. The molecule has 3 atom stereocenters. The monoisotopic (exact) mass is 501 g/mol. The minimum Gasteiger partial charge on any atom is -0.311 e. The van der Waals surface area contributed by atoms with Crippen LogP contribution in [0.25, 0.3) is 5.57 Å². The summed E-state index contributed by atoms with van der Waals surface area (Å²) in [5, 5.41) is 5.65. The number of nitrogens with one attached hydrogen (secondary N) is 2. The number of allylic oxidation sites excluding steroid dienone is 5. The Balaban J connectivity index is 1.70. The van der Waals surface area contributed by atoms with Crippen molar-refractivity contribution < 1.29 is 4.79 Å². The molecule has 2 N–H and O–H groups in total. The fourth-order valence-electron chi connectivity index (χ4n) is 5.74. The molecule has 0 aromatic heterocycles. The fourth-order valence-corrected chi connectivity index (χ4v) is 5.74. The van der Waals surface area contributed by atoms with Gasteiger partial charge in [-0.05, 0) is 41.2 Å². The third-order valence-corrected chi connectivity index (χ3v) is 9.02. The maximum Gasteiger partial charge on any atom is 0.229 e. The van der Waals surface area contributed by atoms with E-state index in [4.69, 9.17) is 0 Å². The second-order valence-electron chi connectivity index (χ2n) is 12.6. The molecule has 1 aromatic rings. The molecule has 37 heavy (non-hydrogen) atoms. The van der Waals surface area contributed by atoms with E-state index in [-0.39, 0.29) is 28.6 Å². The lowest BCUT2D eigenvalue weighted by molar-refractivity contribution is -0.127. The number of fused-ring (bicyclic) bond motifs is 1. The summed E-state index contributed by atoms with van der Waals surface area (Å²) in [5.41, 5.74) is 7.77. The van der Waals surface area contributed by atoms with Crippen molar-refractivity contribution in [3.05, 3.63) is 77.7 Å². The van der Waals surface area contributed by atoms with E-state index in [1.165, 1.54) is 23.1 Å². The van der Waals surface area contributed by atoms with E-state index >= 15 is 0 Å². The Morgan fingerprint density at radius 3 is 2.51 bits per heavy atom. The molecule has 2 aliphatic carbocycles. The van der Waals surface area contributed by atoms with Crippen molar-refractivity contribution in [3.63, 3.8) is 0 Å². The number of rotatable bonds is 9. The maximum absolute atomic E-state index is 13.3. The van der Waals surface area contributed by atoms with Gasteiger partial charge in [-0.2, -0.15) is 0 Å². The molecule has 1 aliphatic heterocycles. The zero-order chi connectivity index (χ0) is 26.6. The molecule has 0 spiro atoms. The topological polar surface area (TPSA) is 44.4 Å². The van der Waals surface area contributed by atoms with Crippen LogP contribution < -0.4 is 10.7 Å². The number of amides is 1. The summed E-state index contributed by atoms with van der Waals surface area (Å²) in [5.74, 6) is 1.84. The first-order chi connectivity index (χ1) is 17.6. The van der Waals surface area contributed by atoms with Gasteiger partial charge in [-0.15, -0.1) is 0 Å². The fraction of sp³-hybridized carbons (Fsp3) is 0.545. The molecule has 1 fully saturated rings. The van der Waals surface area contributed by atoms with Crippen LogP contribution in [0.4, 0.5) is 0 Å². The molecule has 1 heterocycles. The summed E-state index contributed by atoms with van der Waals surface area (Å²) in [4.78, 5) is 13.3. The van der Waals surface area contributed by atoms with E-state index in [0.29, 0.717) is 5.92 Å². The quantitative estimate of drug-likeness (QED) is 0.350. The largest absolute Gasteiger partial charge is 0.311 e. The molecule has 3 aliphatic rings. The molecule has 1 aromatic carbocycles. The van der Waals surface area contributed by atoms with Crippen LogP contribution in [0.5, 0.6) is 0 Å². The van der Waals surface area contributed by atoms with E-state index in [9.17, 15) is 4.79 Å². The highest BCUT2D eigenvalue weighted by atomic mass is 16.2. The van der Waals surface area contributed by atoms with Gasteiger partial charge in [0.05, 0.1) is 0 Å². The highest BCUT2D eigenvalue weighted by Crippen LogP contribution is 2.43. The highest BCUT2D eigenvalue weighted by Gasteiger charge is 2.40. The Labute approximate surface area is 225 Å². The van der Waals surface area contributed by atoms with E-state index in [1.807, 2.05) is 0 Å². The van der Waals surface area contributed by atoms with Crippen molar-refractivity contribution in [2.45, 2.75) is 73.6 Å². The van der Waals surface area contributed by atoms with Gasteiger partial charge in [0.1, 0.15) is 5.82 Å². The number of nitrogens with zero attached hydrogens (tertiary/aromatic N) is 1. The average Bonchev–Trinajstić information content (AvgIpc) is 3.04. The normalized spacial score (nSPS) is 24.3. The van der Waals surface area contributed by atoms with Crippen LogP contribution >= 0.6 is 0 Å². The lowest BCUT2D eigenvalue weighted by Gasteiger charge is -2.41. The van der Waals surface area contributed by atoms with Crippen LogP contribution in [0.15, 0.2) is 72.1 Å². The van der Waals surface area contributed by atoms with Gasteiger partial charge in [0.15, 0.2) is 0 Å². The third kappa shape index (κ3) is 6.65. The summed E-state index contributed by atoms with van der Waals surface area (Å²) in [6, 6.07) is 10.7. The standard InChI is InChI=1S/C33H47N3O/c1-7-33(5,6)24(2)22-36(23-25-14-13-20-32(3,4)21-19-25)35-30-29(26-15-9-8-10-16-26)27-17-11-12-18-28(27)31(37)34-30/h8-10,13-16,19-21,24,27-28,35H,7,11-12,17-18,22-23H2,1-6H3,(H,34,37). The maximum atomic E-state index is 13.3. The average molecular weight is 502 g/mol. The second kappa shape index (κ2) is 11.4. The first kappa shape index (κ1) is 27.4. The Kier molecular flexibility index (Phi) is 8.48. The number of hydrogen-bond acceptors (Lipinski definition) is 3. The van der Waals surface area contributed by atoms with Crippen molar-refractivity contribution in [2.24, 2.45) is 28.6 Å². The Morgan fingerprint density at radius 2 is 1.81 bits per heavy atom. The van der Waals surface area contributed by atoms with Gasteiger partial charge in [-0.25, -0.2) is 5.01 Å².